The van der Waals surface area contributed by atoms with Crippen molar-refractivity contribution in [1.29, 1.82) is 5.26 Å². The molecule has 7 heteroatoms. The molecule has 0 heterocycles. The van der Waals surface area contributed by atoms with E-state index < -0.39 is 10.0 Å². The highest BCUT2D eigenvalue weighted by molar-refractivity contribution is 7.89. The third-order valence-electron chi connectivity index (χ3n) is 3.40. The Morgan fingerprint density at radius 1 is 1.38 bits per heavy atom. The molecule has 0 aromatic heterocycles. The van der Waals surface area contributed by atoms with Crippen LogP contribution in [0.5, 0.6) is 0 Å². The van der Waals surface area contributed by atoms with Crippen molar-refractivity contribution in [2.24, 2.45) is 0 Å². The van der Waals surface area contributed by atoms with Gasteiger partial charge in [0.05, 0.1) is 29.4 Å². The van der Waals surface area contributed by atoms with Gasteiger partial charge in [-0.2, -0.15) is 5.26 Å². The number of benzene rings is 1. The summed E-state index contributed by atoms with van der Waals surface area (Å²) in [6, 6.07) is 6.05. The lowest BCUT2D eigenvalue weighted by Gasteiger charge is -2.12. The second kappa shape index (κ2) is 7.23. The number of nitrogens with one attached hydrogen (secondary N) is 1. The van der Waals surface area contributed by atoms with E-state index in [0.717, 1.165) is 12.8 Å². The van der Waals surface area contributed by atoms with Gasteiger partial charge in [-0.05, 0) is 31.0 Å². The predicted molar refractivity (Wildman–Crippen MR) is 79.6 cm³/mol. The van der Waals surface area contributed by atoms with Crippen LogP contribution in [-0.2, 0) is 14.8 Å². The summed E-state index contributed by atoms with van der Waals surface area (Å²) in [4.78, 5) is -0.0796. The summed E-state index contributed by atoms with van der Waals surface area (Å²) in [5.74, 6) is 0. The number of rotatable bonds is 6. The third-order valence-corrected chi connectivity index (χ3v) is 5.34. The summed E-state index contributed by atoms with van der Waals surface area (Å²) in [6.07, 6.45) is 4.69. The van der Waals surface area contributed by atoms with E-state index in [9.17, 15) is 8.42 Å². The number of hydrogen-bond acceptors (Lipinski definition) is 4. The first-order valence-corrected chi connectivity index (χ1v) is 8.70. The summed E-state index contributed by atoms with van der Waals surface area (Å²) in [6.45, 7) is 0.519. The summed E-state index contributed by atoms with van der Waals surface area (Å²) in [7, 11) is -3.73. The SMILES string of the molecule is N#Cc1ccc(Cl)c(S(=O)(=O)NCCOC2CCCC2)c1. The number of ether oxygens (including phenoxy) is 1. The summed E-state index contributed by atoms with van der Waals surface area (Å²) >= 11 is 5.89. The Balaban J connectivity index is 1.93. The van der Waals surface area contributed by atoms with Crippen molar-refractivity contribution in [2.45, 2.75) is 36.7 Å². The number of nitrogens with zero attached hydrogens (tertiary/aromatic N) is 1. The zero-order valence-corrected chi connectivity index (χ0v) is 13.1. The standard InChI is InChI=1S/C14H17ClN2O3S/c15-13-6-5-11(10-16)9-14(13)21(18,19)17-7-8-20-12-3-1-2-4-12/h5-6,9,12,17H,1-4,7-8H2. The summed E-state index contributed by atoms with van der Waals surface area (Å²) < 4.78 is 32.4. The molecule has 0 aliphatic heterocycles. The highest BCUT2D eigenvalue weighted by Gasteiger charge is 2.19. The van der Waals surface area contributed by atoms with Crippen molar-refractivity contribution in [2.75, 3.05) is 13.2 Å². The molecule has 114 valence electrons. The fraction of sp³-hybridized carbons (Fsp3) is 0.500. The molecule has 5 nitrogen and oxygen atoms in total. The lowest BCUT2D eigenvalue weighted by Crippen LogP contribution is -2.28. The lowest BCUT2D eigenvalue weighted by atomic mass is 10.2. The molecule has 0 atom stereocenters. The van der Waals surface area contributed by atoms with Crippen LogP contribution in [0, 0.1) is 11.3 Å². The Morgan fingerprint density at radius 2 is 2.10 bits per heavy atom. The van der Waals surface area contributed by atoms with Crippen LogP contribution in [0.1, 0.15) is 31.2 Å². The summed E-state index contributed by atoms with van der Waals surface area (Å²) in [5.41, 5.74) is 0.252. The van der Waals surface area contributed by atoms with Gasteiger partial charge in [0.1, 0.15) is 4.90 Å². The van der Waals surface area contributed by atoms with Crippen LogP contribution in [-0.4, -0.2) is 27.7 Å². The fourth-order valence-electron chi connectivity index (χ4n) is 2.31. The number of halogens is 1. The molecule has 1 N–H and O–H groups in total. The van der Waals surface area contributed by atoms with Gasteiger partial charge < -0.3 is 4.74 Å². The van der Waals surface area contributed by atoms with E-state index in [0.29, 0.717) is 6.61 Å². The van der Waals surface area contributed by atoms with Gasteiger partial charge in [-0.1, -0.05) is 24.4 Å². The minimum atomic E-state index is -3.73. The van der Waals surface area contributed by atoms with Gasteiger partial charge in [0.25, 0.3) is 0 Å². The maximum absolute atomic E-state index is 12.2. The third kappa shape index (κ3) is 4.42. The van der Waals surface area contributed by atoms with Gasteiger partial charge in [-0.3, -0.25) is 0 Å². The molecule has 1 fully saturated rings. The van der Waals surface area contributed by atoms with Gasteiger partial charge >= 0.3 is 0 Å². The molecular weight excluding hydrogens is 312 g/mol. The molecule has 1 saturated carbocycles. The maximum Gasteiger partial charge on any atom is 0.242 e. The summed E-state index contributed by atoms with van der Waals surface area (Å²) in [5, 5.41) is 8.92. The quantitative estimate of drug-likeness (QED) is 0.813. The zero-order chi connectivity index (χ0) is 15.3. The minimum Gasteiger partial charge on any atom is -0.377 e. The molecule has 1 aromatic carbocycles. The van der Waals surface area contributed by atoms with Crippen LogP contribution in [0.3, 0.4) is 0 Å². The smallest absolute Gasteiger partial charge is 0.242 e. The van der Waals surface area contributed by atoms with E-state index >= 15 is 0 Å². The van der Waals surface area contributed by atoms with E-state index in [1.807, 2.05) is 6.07 Å². The predicted octanol–water partition coefficient (Wildman–Crippen LogP) is 2.45. The molecule has 1 aliphatic rings. The average molecular weight is 329 g/mol. The van der Waals surface area contributed by atoms with Crippen molar-refractivity contribution in [3.05, 3.63) is 28.8 Å². The molecule has 2 rings (SSSR count). The second-order valence-electron chi connectivity index (χ2n) is 4.93. The average Bonchev–Trinajstić information content (AvgIpc) is 2.97. The molecule has 0 amide bonds. The van der Waals surface area contributed by atoms with Crippen molar-refractivity contribution >= 4 is 21.6 Å². The zero-order valence-electron chi connectivity index (χ0n) is 11.5. The number of nitriles is 1. The van der Waals surface area contributed by atoms with Crippen LogP contribution in [0.25, 0.3) is 0 Å². The molecule has 1 aliphatic carbocycles. The Bertz CT molecular complexity index is 634. The lowest BCUT2D eigenvalue weighted by molar-refractivity contribution is 0.0626. The Morgan fingerprint density at radius 3 is 2.76 bits per heavy atom. The maximum atomic E-state index is 12.2. The largest absolute Gasteiger partial charge is 0.377 e. The normalized spacial score (nSPS) is 16.0. The Kier molecular flexibility index (Phi) is 5.59. The topological polar surface area (TPSA) is 79.2 Å². The van der Waals surface area contributed by atoms with Crippen LogP contribution in [0.2, 0.25) is 5.02 Å². The fourth-order valence-corrected chi connectivity index (χ4v) is 3.85. The Hall–Kier alpha value is -1.13. The van der Waals surface area contributed by atoms with E-state index in [1.54, 1.807) is 0 Å². The second-order valence-corrected chi connectivity index (χ2v) is 7.07. The van der Waals surface area contributed by atoms with Gasteiger partial charge in [0, 0.05) is 6.54 Å². The first kappa shape index (κ1) is 16.2. The van der Waals surface area contributed by atoms with Gasteiger partial charge in [0.15, 0.2) is 0 Å². The molecule has 0 unspecified atom stereocenters. The molecular formula is C14H17ClN2O3S. The van der Waals surface area contributed by atoms with Crippen LogP contribution >= 0.6 is 11.6 Å². The highest BCUT2D eigenvalue weighted by atomic mass is 35.5. The number of sulfonamides is 1. The van der Waals surface area contributed by atoms with Crippen LogP contribution < -0.4 is 4.72 Å². The molecule has 0 spiro atoms. The van der Waals surface area contributed by atoms with E-state index in [1.165, 1.54) is 31.0 Å². The number of hydrogen-bond donors (Lipinski definition) is 1. The first-order valence-electron chi connectivity index (χ1n) is 6.84. The minimum absolute atomic E-state index is 0.0796. The van der Waals surface area contributed by atoms with Crippen molar-refractivity contribution in [3.8, 4) is 6.07 Å². The van der Waals surface area contributed by atoms with Crippen molar-refractivity contribution in [1.82, 2.24) is 4.72 Å². The van der Waals surface area contributed by atoms with Gasteiger partial charge in [-0.15, -0.1) is 0 Å². The molecule has 21 heavy (non-hydrogen) atoms. The van der Waals surface area contributed by atoms with Crippen LogP contribution in [0.4, 0.5) is 0 Å². The van der Waals surface area contributed by atoms with Gasteiger partial charge in [-0.25, -0.2) is 13.1 Å². The van der Waals surface area contributed by atoms with Crippen LogP contribution in [0.15, 0.2) is 23.1 Å². The monoisotopic (exact) mass is 328 g/mol. The van der Waals surface area contributed by atoms with E-state index in [-0.39, 0.29) is 28.1 Å². The van der Waals surface area contributed by atoms with E-state index in [4.69, 9.17) is 21.6 Å². The molecule has 0 radical (unpaired) electrons. The molecule has 0 saturated heterocycles. The Labute approximate surface area is 129 Å². The molecule has 1 aromatic rings. The molecule has 0 bridgehead atoms. The van der Waals surface area contributed by atoms with Gasteiger partial charge in [0.2, 0.25) is 10.0 Å². The van der Waals surface area contributed by atoms with Crippen molar-refractivity contribution in [3.63, 3.8) is 0 Å². The van der Waals surface area contributed by atoms with E-state index in [2.05, 4.69) is 4.72 Å². The first-order chi connectivity index (χ1) is 10.0. The van der Waals surface area contributed by atoms with Crippen molar-refractivity contribution < 1.29 is 13.2 Å². The highest BCUT2D eigenvalue weighted by Crippen LogP contribution is 2.22.